The highest BCUT2D eigenvalue weighted by atomic mass is 79.9. The van der Waals surface area contributed by atoms with Gasteiger partial charge in [-0.15, -0.1) is 0 Å². The third-order valence-electron chi connectivity index (χ3n) is 1.55. The first-order valence-electron chi connectivity index (χ1n) is 3.81. The Morgan fingerprint density at radius 2 is 2.00 bits per heavy atom. The summed E-state index contributed by atoms with van der Waals surface area (Å²) in [5.74, 6) is 0.733. The molecule has 62 valence electrons. The molecule has 0 bridgehead atoms. The fraction of sp³-hybridized carbons (Fsp3) is 1.00. The number of hydrogen-bond donors (Lipinski definition) is 0. The van der Waals surface area contributed by atoms with Crippen molar-refractivity contribution in [3.05, 3.63) is 0 Å². The molecule has 0 aromatic carbocycles. The highest BCUT2D eigenvalue weighted by molar-refractivity contribution is 9.09. The monoisotopic (exact) mass is 208 g/mol. The van der Waals surface area contributed by atoms with Crippen molar-refractivity contribution in [2.75, 3.05) is 13.7 Å². The van der Waals surface area contributed by atoms with Gasteiger partial charge in [0.15, 0.2) is 0 Å². The maximum atomic E-state index is 4.95. The van der Waals surface area contributed by atoms with E-state index in [2.05, 4.69) is 29.8 Å². The average Bonchev–Trinajstić information content (AvgIpc) is 1.88. The quantitative estimate of drug-likeness (QED) is 0.499. The van der Waals surface area contributed by atoms with Gasteiger partial charge in [-0.1, -0.05) is 29.8 Å². The molecule has 0 radical (unpaired) electrons. The molecule has 1 unspecified atom stereocenters. The molecule has 0 amide bonds. The molecule has 0 N–H and O–H groups in total. The lowest BCUT2D eigenvalue weighted by Gasteiger charge is -2.12. The van der Waals surface area contributed by atoms with Crippen LogP contribution in [-0.2, 0) is 4.74 Å². The Kier molecular flexibility index (Phi) is 6.44. The van der Waals surface area contributed by atoms with Crippen molar-refractivity contribution >= 4 is 15.9 Å². The van der Waals surface area contributed by atoms with Gasteiger partial charge in [0.25, 0.3) is 0 Å². The summed E-state index contributed by atoms with van der Waals surface area (Å²) in [6.07, 6.45) is 2.37. The Morgan fingerprint density at radius 3 is 2.40 bits per heavy atom. The average molecular weight is 209 g/mol. The molecule has 0 aromatic heterocycles. The van der Waals surface area contributed by atoms with E-state index in [9.17, 15) is 0 Å². The largest absolute Gasteiger partial charge is 0.385 e. The number of alkyl halides is 1. The van der Waals surface area contributed by atoms with Gasteiger partial charge < -0.3 is 4.74 Å². The van der Waals surface area contributed by atoms with Crippen LogP contribution in [0.3, 0.4) is 0 Å². The normalized spacial score (nSPS) is 14.1. The SMILES string of the molecule is COCCCC(Br)C(C)C. The molecule has 0 rings (SSSR count). The van der Waals surface area contributed by atoms with E-state index in [4.69, 9.17) is 4.74 Å². The van der Waals surface area contributed by atoms with Crippen molar-refractivity contribution in [3.8, 4) is 0 Å². The Bertz CT molecular complexity index is 73.7. The van der Waals surface area contributed by atoms with Crippen LogP contribution >= 0.6 is 15.9 Å². The first-order chi connectivity index (χ1) is 4.68. The van der Waals surface area contributed by atoms with Gasteiger partial charge in [0.05, 0.1) is 0 Å². The van der Waals surface area contributed by atoms with Crippen molar-refractivity contribution in [1.29, 1.82) is 0 Å². The van der Waals surface area contributed by atoms with Crippen molar-refractivity contribution in [2.24, 2.45) is 5.92 Å². The molecule has 0 aliphatic rings. The van der Waals surface area contributed by atoms with Crippen molar-refractivity contribution in [1.82, 2.24) is 0 Å². The Morgan fingerprint density at radius 1 is 1.40 bits per heavy atom. The number of ether oxygens (including phenoxy) is 1. The molecule has 2 heteroatoms. The zero-order valence-corrected chi connectivity index (χ0v) is 8.65. The zero-order chi connectivity index (χ0) is 7.98. The van der Waals surface area contributed by atoms with Crippen LogP contribution in [0.5, 0.6) is 0 Å². The Balaban J connectivity index is 3.13. The molecule has 0 fully saturated rings. The summed E-state index contributed by atoms with van der Waals surface area (Å²) in [5, 5.41) is 0. The van der Waals surface area contributed by atoms with Crippen LogP contribution in [0.4, 0.5) is 0 Å². The van der Waals surface area contributed by atoms with Gasteiger partial charge in [0, 0.05) is 18.5 Å². The van der Waals surface area contributed by atoms with Gasteiger partial charge in [-0.2, -0.15) is 0 Å². The topological polar surface area (TPSA) is 9.23 Å². The van der Waals surface area contributed by atoms with E-state index in [-0.39, 0.29) is 0 Å². The number of halogens is 1. The van der Waals surface area contributed by atoms with Crippen molar-refractivity contribution in [2.45, 2.75) is 31.5 Å². The van der Waals surface area contributed by atoms with Gasteiger partial charge in [-0.05, 0) is 18.8 Å². The summed E-state index contributed by atoms with van der Waals surface area (Å²) in [7, 11) is 1.75. The van der Waals surface area contributed by atoms with E-state index >= 15 is 0 Å². The van der Waals surface area contributed by atoms with Gasteiger partial charge >= 0.3 is 0 Å². The predicted molar refractivity (Wildman–Crippen MR) is 48.7 cm³/mol. The predicted octanol–water partition coefficient (Wildman–Crippen LogP) is 2.83. The van der Waals surface area contributed by atoms with Crippen LogP contribution in [0.25, 0.3) is 0 Å². The van der Waals surface area contributed by atoms with E-state index in [1.807, 2.05) is 0 Å². The molecule has 0 spiro atoms. The highest BCUT2D eigenvalue weighted by Crippen LogP contribution is 2.17. The summed E-state index contributed by atoms with van der Waals surface area (Å²) in [6, 6.07) is 0. The second-order valence-electron chi connectivity index (χ2n) is 2.90. The zero-order valence-electron chi connectivity index (χ0n) is 7.06. The van der Waals surface area contributed by atoms with Crippen molar-refractivity contribution < 1.29 is 4.74 Å². The van der Waals surface area contributed by atoms with Crippen LogP contribution in [-0.4, -0.2) is 18.5 Å². The summed E-state index contributed by atoms with van der Waals surface area (Å²) in [4.78, 5) is 0.655. The summed E-state index contributed by atoms with van der Waals surface area (Å²) >= 11 is 3.62. The minimum absolute atomic E-state index is 0.655. The van der Waals surface area contributed by atoms with Crippen LogP contribution in [0.15, 0.2) is 0 Å². The molecule has 0 heterocycles. The van der Waals surface area contributed by atoms with Crippen LogP contribution in [0.2, 0.25) is 0 Å². The highest BCUT2D eigenvalue weighted by Gasteiger charge is 2.07. The second kappa shape index (κ2) is 6.17. The van der Waals surface area contributed by atoms with E-state index in [1.165, 1.54) is 6.42 Å². The maximum absolute atomic E-state index is 4.95. The fourth-order valence-electron chi connectivity index (χ4n) is 0.756. The van der Waals surface area contributed by atoms with Crippen LogP contribution in [0.1, 0.15) is 26.7 Å². The third kappa shape index (κ3) is 5.24. The lowest BCUT2D eigenvalue weighted by atomic mass is 10.1. The van der Waals surface area contributed by atoms with Gasteiger partial charge in [-0.25, -0.2) is 0 Å². The second-order valence-corrected chi connectivity index (χ2v) is 4.07. The standard InChI is InChI=1S/C8H17BrO/c1-7(2)8(9)5-4-6-10-3/h7-8H,4-6H2,1-3H3. The lowest BCUT2D eigenvalue weighted by molar-refractivity contribution is 0.191. The Hall–Kier alpha value is 0.440. The van der Waals surface area contributed by atoms with E-state index in [1.54, 1.807) is 7.11 Å². The lowest BCUT2D eigenvalue weighted by Crippen LogP contribution is -2.07. The Labute approximate surface area is 72.3 Å². The smallest absolute Gasteiger partial charge is 0.0462 e. The molecular weight excluding hydrogens is 192 g/mol. The molecule has 10 heavy (non-hydrogen) atoms. The van der Waals surface area contributed by atoms with Gasteiger partial charge in [0.2, 0.25) is 0 Å². The molecule has 0 aliphatic carbocycles. The molecule has 0 aliphatic heterocycles. The molecule has 0 saturated heterocycles. The first kappa shape index (κ1) is 10.4. The summed E-state index contributed by atoms with van der Waals surface area (Å²) in [5.41, 5.74) is 0. The van der Waals surface area contributed by atoms with Gasteiger partial charge in [0.1, 0.15) is 0 Å². The molecule has 0 aromatic rings. The van der Waals surface area contributed by atoms with E-state index < -0.39 is 0 Å². The third-order valence-corrected chi connectivity index (χ3v) is 3.07. The molecular formula is C8H17BrO. The maximum Gasteiger partial charge on any atom is 0.0462 e. The number of hydrogen-bond acceptors (Lipinski definition) is 1. The molecule has 1 nitrogen and oxygen atoms in total. The minimum Gasteiger partial charge on any atom is -0.385 e. The van der Waals surface area contributed by atoms with E-state index in [0.29, 0.717) is 4.83 Å². The van der Waals surface area contributed by atoms with Crippen LogP contribution < -0.4 is 0 Å². The molecule has 0 saturated carbocycles. The van der Waals surface area contributed by atoms with E-state index in [0.717, 1.165) is 18.9 Å². The summed E-state index contributed by atoms with van der Waals surface area (Å²) in [6.45, 7) is 5.34. The first-order valence-corrected chi connectivity index (χ1v) is 4.73. The summed E-state index contributed by atoms with van der Waals surface area (Å²) < 4.78 is 4.95. The van der Waals surface area contributed by atoms with Gasteiger partial charge in [-0.3, -0.25) is 0 Å². The minimum atomic E-state index is 0.655. The van der Waals surface area contributed by atoms with Crippen LogP contribution in [0, 0.1) is 5.92 Å². The van der Waals surface area contributed by atoms with Crippen molar-refractivity contribution in [3.63, 3.8) is 0 Å². The number of rotatable bonds is 5. The molecule has 1 atom stereocenters. The number of methoxy groups -OCH3 is 1. The fourth-order valence-corrected chi connectivity index (χ4v) is 1.08.